The van der Waals surface area contributed by atoms with E-state index in [1.807, 2.05) is 19.1 Å². The Balaban J connectivity index is 1.55. The maximum absolute atomic E-state index is 13.1. The van der Waals surface area contributed by atoms with Crippen LogP contribution in [-0.4, -0.2) is 22.0 Å². The van der Waals surface area contributed by atoms with Crippen molar-refractivity contribution in [1.29, 1.82) is 0 Å². The van der Waals surface area contributed by atoms with E-state index in [4.69, 9.17) is 0 Å². The molecule has 0 aliphatic heterocycles. The standard InChI is InChI=1S/C19H17FN2O3S/c1-9-16(10-4-6-13(20)7-5-10)21-19(26-9)22-17(23)14-11-2-3-12(8-11)15(14)18(24)25/h2-7,11-12,14-15H,8H2,1H3,(H,24,25)(H,21,22,23). The molecule has 0 radical (unpaired) electrons. The Labute approximate surface area is 153 Å². The maximum atomic E-state index is 13.1. The van der Waals surface area contributed by atoms with Crippen molar-refractivity contribution in [1.82, 2.24) is 4.98 Å². The number of nitrogens with one attached hydrogen (secondary N) is 1. The van der Waals surface area contributed by atoms with Gasteiger partial charge in [-0.3, -0.25) is 9.59 Å². The van der Waals surface area contributed by atoms with E-state index in [1.165, 1.54) is 23.5 Å². The summed E-state index contributed by atoms with van der Waals surface area (Å²) in [5, 5.41) is 12.7. The van der Waals surface area contributed by atoms with Crippen LogP contribution < -0.4 is 5.32 Å². The van der Waals surface area contributed by atoms with E-state index in [0.717, 1.165) is 10.4 Å². The number of amides is 1. The molecule has 2 aliphatic rings. The molecule has 1 amide bonds. The molecule has 5 nitrogen and oxygen atoms in total. The fraction of sp³-hybridized carbons (Fsp3) is 0.316. The Bertz CT molecular complexity index is 906. The molecule has 4 atom stereocenters. The number of nitrogens with zero attached hydrogens (tertiary/aromatic N) is 1. The van der Waals surface area contributed by atoms with Gasteiger partial charge in [-0.15, -0.1) is 11.3 Å². The highest BCUT2D eigenvalue weighted by molar-refractivity contribution is 7.16. The second-order valence-electron chi connectivity index (χ2n) is 6.76. The van der Waals surface area contributed by atoms with Crippen LogP contribution in [0.4, 0.5) is 9.52 Å². The normalized spacial score (nSPS) is 26.2. The lowest BCUT2D eigenvalue weighted by Crippen LogP contribution is -2.36. The summed E-state index contributed by atoms with van der Waals surface area (Å²) in [7, 11) is 0. The van der Waals surface area contributed by atoms with Gasteiger partial charge < -0.3 is 10.4 Å². The molecule has 4 unspecified atom stereocenters. The van der Waals surface area contributed by atoms with E-state index in [9.17, 15) is 19.1 Å². The Hall–Kier alpha value is -2.54. The number of allylic oxidation sites excluding steroid dienone is 2. The number of halogens is 1. The maximum Gasteiger partial charge on any atom is 0.307 e. The predicted octanol–water partition coefficient (Wildman–Crippen LogP) is 3.72. The molecule has 1 fully saturated rings. The smallest absolute Gasteiger partial charge is 0.307 e. The minimum Gasteiger partial charge on any atom is -0.481 e. The summed E-state index contributed by atoms with van der Waals surface area (Å²) >= 11 is 1.33. The minimum absolute atomic E-state index is 0.0290. The lowest BCUT2D eigenvalue weighted by atomic mass is 9.82. The molecular formula is C19H17FN2O3S. The quantitative estimate of drug-likeness (QED) is 0.802. The number of benzene rings is 1. The van der Waals surface area contributed by atoms with Crippen LogP contribution in [0.25, 0.3) is 11.3 Å². The van der Waals surface area contributed by atoms with E-state index < -0.39 is 17.8 Å². The van der Waals surface area contributed by atoms with Crippen molar-refractivity contribution in [2.45, 2.75) is 13.3 Å². The van der Waals surface area contributed by atoms with Gasteiger partial charge in [0.2, 0.25) is 5.91 Å². The van der Waals surface area contributed by atoms with E-state index in [-0.39, 0.29) is 23.6 Å². The largest absolute Gasteiger partial charge is 0.481 e. The van der Waals surface area contributed by atoms with Crippen molar-refractivity contribution in [3.05, 3.63) is 47.1 Å². The number of carboxylic acids is 1. The number of fused-ring (bicyclic) bond motifs is 2. The minimum atomic E-state index is -0.927. The molecule has 2 aromatic rings. The number of aryl methyl sites for hydroxylation is 1. The molecule has 2 aliphatic carbocycles. The molecule has 0 spiro atoms. The second-order valence-corrected chi connectivity index (χ2v) is 7.96. The summed E-state index contributed by atoms with van der Waals surface area (Å²) in [4.78, 5) is 29.7. The van der Waals surface area contributed by atoms with E-state index in [2.05, 4.69) is 10.3 Å². The van der Waals surface area contributed by atoms with Gasteiger partial charge in [-0.25, -0.2) is 9.37 Å². The molecule has 0 saturated heterocycles. The summed E-state index contributed by atoms with van der Waals surface area (Å²) in [6.07, 6.45) is 4.57. The van der Waals surface area contributed by atoms with Crippen LogP contribution >= 0.6 is 11.3 Å². The van der Waals surface area contributed by atoms with Gasteiger partial charge in [0.25, 0.3) is 0 Å². The number of aromatic nitrogens is 1. The SMILES string of the molecule is Cc1sc(NC(=O)C2C3C=CC(C3)C2C(=O)O)nc1-c1ccc(F)cc1. The Morgan fingerprint density at radius 2 is 1.85 bits per heavy atom. The predicted molar refractivity (Wildman–Crippen MR) is 96.2 cm³/mol. The van der Waals surface area contributed by atoms with Gasteiger partial charge in [0.15, 0.2) is 5.13 Å². The van der Waals surface area contributed by atoms with Crippen molar-refractivity contribution >= 4 is 28.3 Å². The van der Waals surface area contributed by atoms with Crippen molar-refractivity contribution in [3.63, 3.8) is 0 Å². The van der Waals surface area contributed by atoms with Crippen LogP contribution in [0.1, 0.15) is 11.3 Å². The number of aliphatic carboxylic acids is 1. The van der Waals surface area contributed by atoms with Crippen LogP contribution in [-0.2, 0) is 9.59 Å². The summed E-state index contributed by atoms with van der Waals surface area (Å²) in [5.41, 5.74) is 1.46. The van der Waals surface area contributed by atoms with Gasteiger partial charge in [-0.1, -0.05) is 12.2 Å². The molecule has 1 aromatic heterocycles. The molecule has 7 heteroatoms. The van der Waals surface area contributed by atoms with Gasteiger partial charge in [0.05, 0.1) is 17.5 Å². The number of hydrogen-bond donors (Lipinski definition) is 2. The van der Waals surface area contributed by atoms with Gasteiger partial charge in [0, 0.05) is 10.4 Å². The first-order valence-electron chi connectivity index (χ1n) is 8.39. The lowest BCUT2D eigenvalue weighted by Gasteiger charge is -2.23. The van der Waals surface area contributed by atoms with Crippen LogP contribution in [0.15, 0.2) is 36.4 Å². The molecule has 2 bridgehead atoms. The van der Waals surface area contributed by atoms with Crippen LogP contribution in [0.2, 0.25) is 0 Å². The van der Waals surface area contributed by atoms with Crippen LogP contribution in [0.5, 0.6) is 0 Å². The number of carboxylic acid groups (broad SMARTS) is 1. The monoisotopic (exact) mass is 372 g/mol. The zero-order valence-corrected chi connectivity index (χ0v) is 14.8. The third kappa shape index (κ3) is 2.82. The first-order valence-corrected chi connectivity index (χ1v) is 9.21. The first-order chi connectivity index (χ1) is 12.4. The summed E-state index contributed by atoms with van der Waals surface area (Å²) in [6.45, 7) is 1.88. The average Bonchev–Trinajstić information content (AvgIpc) is 3.29. The highest BCUT2D eigenvalue weighted by Crippen LogP contribution is 2.48. The van der Waals surface area contributed by atoms with Crippen molar-refractivity contribution in [3.8, 4) is 11.3 Å². The van der Waals surface area contributed by atoms with Gasteiger partial charge in [0.1, 0.15) is 5.82 Å². The van der Waals surface area contributed by atoms with Crippen molar-refractivity contribution in [2.24, 2.45) is 23.7 Å². The van der Waals surface area contributed by atoms with Gasteiger partial charge in [-0.2, -0.15) is 0 Å². The zero-order chi connectivity index (χ0) is 18.4. The van der Waals surface area contributed by atoms with Crippen LogP contribution in [0.3, 0.4) is 0 Å². The number of carbonyl (C=O) groups excluding carboxylic acids is 1. The Morgan fingerprint density at radius 3 is 2.50 bits per heavy atom. The first kappa shape index (κ1) is 16.9. The molecular weight excluding hydrogens is 355 g/mol. The zero-order valence-electron chi connectivity index (χ0n) is 14.0. The lowest BCUT2D eigenvalue weighted by molar-refractivity contribution is -0.146. The topological polar surface area (TPSA) is 79.3 Å². The Kier molecular flexibility index (Phi) is 4.11. The fourth-order valence-corrected chi connectivity index (χ4v) is 4.87. The van der Waals surface area contributed by atoms with Gasteiger partial charge >= 0.3 is 5.97 Å². The number of anilines is 1. The summed E-state index contributed by atoms with van der Waals surface area (Å²) < 4.78 is 13.1. The molecule has 2 N–H and O–H groups in total. The number of carbonyl (C=O) groups is 2. The summed E-state index contributed by atoms with van der Waals surface area (Å²) in [6, 6.07) is 6.02. The fourth-order valence-electron chi connectivity index (χ4n) is 4.03. The number of rotatable bonds is 4. The third-order valence-electron chi connectivity index (χ3n) is 5.19. The highest BCUT2D eigenvalue weighted by Gasteiger charge is 2.51. The van der Waals surface area contributed by atoms with Crippen molar-refractivity contribution in [2.75, 3.05) is 5.32 Å². The van der Waals surface area contributed by atoms with Crippen LogP contribution in [0, 0.1) is 36.4 Å². The Morgan fingerprint density at radius 1 is 1.19 bits per heavy atom. The van der Waals surface area contributed by atoms with E-state index >= 15 is 0 Å². The average molecular weight is 372 g/mol. The number of hydrogen-bond acceptors (Lipinski definition) is 4. The molecule has 26 heavy (non-hydrogen) atoms. The molecule has 4 rings (SSSR count). The molecule has 1 aromatic carbocycles. The molecule has 1 heterocycles. The third-order valence-corrected chi connectivity index (χ3v) is 6.08. The van der Waals surface area contributed by atoms with Gasteiger partial charge in [-0.05, 0) is 49.4 Å². The molecule has 134 valence electrons. The summed E-state index contributed by atoms with van der Waals surface area (Å²) in [5.74, 6) is -2.89. The van der Waals surface area contributed by atoms with Crippen molar-refractivity contribution < 1.29 is 19.1 Å². The highest BCUT2D eigenvalue weighted by atomic mass is 32.1. The number of thiazole rings is 1. The van der Waals surface area contributed by atoms with E-state index in [1.54, 1.807) is 12.1 Å². The van der Waals surface area contributed by atoms with E-state index in [0.29, 0.717) is 17.2 Å². The molecule has 1 saturated carbocycles. The second kappa shape index (κ2) is 6.32.